The van der Waals surface area contributed by atoms with Crippen LogP contribution in [0, 0.1) is 13.8 Å². The predicted octanol–water partition coefficient (Wildman–Crippen LogP) is 7.67. The fourth-order valence-corrected chi connectivity index (χ4v) is 3.68. The molecule has 31 heavy (non-hydrogen) atoms. The molecule has 0 radical (unpaired) electrons. The highest BCUT2D eigenvalue weighted by molar-refractivity contribution is 6.36. The van der Waals surface area contributed by atoms with Gasteiger partial charge in [-0.1, -0.05) is 58.5 Å². The van der Waals surface area contributed by atoms with Gasteiger partial charge in [0, 0.05) is 10.7 Å². The number of amides is 3. The highest BCUT2D eigenvalue weighted by Crippen LogP contribution is 2.40. The summed E-state index contributed by atoms with van der Waals surface area (Å²) in [6, 6.07) is 12.2. The molecular formula is C22H16Cl4N2O3. The predicted molar refractivity (Wildman–Crippen MR) is 125 cm³/mol. The Morgan fingerprint density at radius 2 is 1.58 bits per heavy atom. The number of anilines is 1. The molecule has 160 valence electrons. The van der Waals surface area contributed by atoms with E-state index in [1.165, 1.54) is 6.07 Å². The molecule has 9 heteroatoms. The molecule has 0 aromatic heterocycles. The Bertz CT molecular complexity index is 1180. The van der Waals surface area contributed by atoms with Gasteiger partial charge in [-0.15, -0.1) is 0 Å². The van der Waals surface area contributed by atoms with Crippen LogP contribution < -0.4 is 15.4 Å². The molecule has 0 heterocycles. The van der Waals surface area contributed by atoms with Crippen LogP contribution in [-0.2, 0) is 0 Å². The quantitative estimate of drug-likeness (QED) is 0.388. The van der Waals surface area contributed by atoms with Gasteiger partial charge in [0.05, 0.1) is 20.6 Å². The van der Waals surface area contributed by atoms with Crippen LogP contribution in [0.2, 0.25) is 20.1 Å². The van der Waals surface area contributed by atoms with E-state index in [1.54, 1.807) is 56.3 Å². The minimum absolute atomic E-state index is 0.189. The average Bonchev–Trinajstić information content (AvgIpc) is 2.71. The van der Waals surface area contributed by atoms with Crippen LogP contribution in [0.25, 0.3) is 0 Å². The fourth-order valence-electron chi connectivity index (χ4n) is 2.83. The van der Waals surface area contributed by atoms with Gasteiger partial charge in [0.25, 0.3) is 5.91 Å². The molecule has 0 aliphatic carbocycles. The smallest absolute Gasteiger partial charge is 0.326 e. The van der Waals surface area contributed by atoms with Gasteiger partial charge in [0.1, 0.15) is 11.5 Å². The average molecular weight is 498 g/mol. The largest absolute Gasteiger partial charge is 0.454 e. The summed E-state index contributed by atoms with van der Waals surface area (Å²) < 4.78 is 5.83. The first-order valence-electron chi connectivity index (χ1n) is 8.97. The highest BCUT2D eigenvalue weighted by Gasteiger charge is 2.18. The SMILES string of the molecule is Cc1cc(Oc2ccc(Cl)cc2Cl)c(Cl)c(C)c1NC(=O)NC(=O)c1ccccc1Cl. The maximum absolute atomic E-state index is 12.4. The normalized spacial score (nSPS) is 10.5. The topological polar surface area (TPSA) is 67.4 Å². The van der Waals surface area contributed by atoms with Crippen molar-refractivity contribution in [3.8, 4) is 11.5 Å². The summed E-state index contributed by atoms with van der Waals surface area (Å²) >= 11 is 24.5. The van der Waals surface area contributed by atoms with Crippen molar-refractivity contribution in [2.75, 3.05) is 5.32 Å². The van der Waals surface area contributed by atoms with Crippen molar-refractivity contribution < 1.29 is 14.3 Å². The van der Waals surface area contributed by atoms with E-state index in [1.807, 2.05) is 0 Å². The zero-order chi connectivity index (χ0) is 22.7. The summed E-state index contributed by atoms with van der Waals surface area (Å²) in [5, 5.41) is 6.24. The zero-order valence-electron chi connectivity index (χ0n) is 16.4. The highest BCUT2D eigenvalue weighted by atomic mass is 35.5. The summed E-state index contributed by atoms with van der Waals surface area (Å²) in [6.45, 7) is 3.49. The molecule has 0 aliphatic heterocycles. The van der Waals surface area contributed by atoms with Crippen LogP contribution >= 0.6 is 46.4 Å². The van der Waals surface area contributed by atoms with Crippen LogP contribution in [0.4, 0.5) is 10.5 Å². The first kappa shape index (κ1) is 23.2. The van der Waals surface area contributed by atoms with Crippen molar-refractivity contribution in [3.05, 3.63) is 85.3 Å². The number of hydrogen-bond acceptors (Lipinski definition) is 3. The van der Waals surface area contributed by atoms with E-state index in [0.29, 0.717) is 38.4 Å². The van der Waals surface area contributed by atoms with Crippen molar-refractivity contribution >= 4 is 64.0 Å². The van der Waals surface area contributed by atoms with Crippen molar-refractivity contribution in [2.45, 2.75) is 13.8 Å². The summed E-state index contributed by atoms with van der Waals surface area (Å²) in [6.07, 6.45) is 0. The molecular weight excluding hydrogens is 482 g/mol. The summed E-state index contributed by atoms with van der Waals surface area (Å²) in [5.41, 5.74) is 1.86. The Hall–Kier alpha value is -2.44. The van der Waals surface area contributed by atoms with Crippen LogP contribution in [0.1, 0.15) is 21.5 Å². The van der Waals surface area contributed by atoms with Crippen LogP contribution in [0.5, 0.6) is 11.5 Å². The summed E-state index contributed by atoms with van der Waals surface area (Å²) in [7, 11) is 0. The third-order valence-corrected chi connectivity index (χ3v) is 5.69. The number of hydrogen-bond donors (Lipinski definition) is 2. The minimum Gasteiger partial charge on any atom is -0.454 e. The van der Waals surface area contributed by atoms with E-state index >= 15 is 0 Å². The lowest BCUT2D eigenvalue weighted by molar-refractivity contribution is 0.0967. The number of urea groups is 1. The molecule has 3 rings (SSSR count). The molecule has 0 spiro atoms. The lowest BCUT2D eigenvalue weighted by Crippen LogP contribution is -2.34. The number of nitrogens with one attached hydrogen (secondary N) is 2. The first-order chi connectivity index (χ1) is 14.7. The monoisotopic (exact) mass is 496 g/mol. The Kier molecular flexibility index (Phi) is 7.34. The van der Waals surface area contributed by atoms with Crippen LogP contribution in [-0.4, -0.2) is 11.9 Å². The number of rotatable bonds is 4. The van der Waals surface area contributed by atoms with Crippen molar-refractivity contribution in [1.29, 1.82) is 0 Å². The maximum atomic E-state index is 12.4. The molecule has 0 saturated heterocycles. The molecule has 3 aromatic carbocycles. The number of imide groups is 1. The second-order valence-electron chi connectivity index (χ2n) is 6.57. The number of carbonyl (C=O) groups is 2. The lowest BCUT2D eigenvalue weighted by atomic mass is 10.1. The number of carbonyl (C=O) groups excluding carboxylic acids is 2. The second kappa shape index (κ2) is 9.79. The number of benzene rings is 3. The maximum Gasteiger partial charge on any atom is 0.326 e. The number of ether oxygens (including phenoxy) is 1. The third-order valence-electron chi connectivity index (χ3n) is 4.36. The van der Waals surface area contributed by atoms with Crippen molar-refractivity contribution in [1.82, 2.24) is 5.32 Å². The third kappa shape index (κ3) is 5.43. The molecule has 0 bridgehead atoms. The number of halogens is 4. The first-order valence-corrected chi connectivity index (χ1v) is 10.5. The minimum atomic E-state index is -0.721. The van der Waals surface area contributed by atoms with Crippen LogP contribution in [0.3, 0.4) is 0 Å². The Morgan fingerprint density at radius 1 is 0.871 bits per heavy atom. The van der Waals surface area contributed by atoms with E-state index in [-0.39, 0.29) is 15.6 Å². The molecule has 0 saturated carbocycles. The zero-order valence-corrected chi connectivity index (χ0v) is 19.4. The molecule has 3 aromatic rings. The number of aryl methyl sites for hydroxylation is 1. The van der Waals surface area contributed by atoms with Crippen LogP contribution in [0.15, 0.2) is 48.5 Å². The Morgan fingerprint density at radius 3 is 2.26 bits per heavy atom. The molecule has 0 fully saturated rings. The van der Waals surface area contributed by atoms with E-state index in [4.69, 9.17) is 51.1 Å². The van der Waals surface area contributed by atoms with Gasteiger partial charge in [-0.3, -0.25) is 10.1 Å². The van der Waals surface area contributed by atoms with Gasteiger partial charge < -0.3 is 10.1 Å². The van der Waals surface area contributed by atoms with Gasteiger partial charge in [-0.05, 0) is 61.4 Å². The van der Waals surface area contributed by atoms with Gasteiger partial charge in [0.2, 0.25) is 0 Å². The molecule has 0 atom stereocenters. The molecule has 3 amide bonds. The van der Waals surface area contributed by atoms with Gasteiger partial charge >= 0.3 is 6.03 Å². The van der Waals surface area contributed by atoms with Crippen molar-refractivity contribution in [2.24, 2.45) is 0 Å². The molecule has 0 aliphatic rings. The van der Waals surface area contributed by atoms with Gasteiger partial charge in [-0.2, -0.15) is 0 Å². The molecule has 0 unspecified atom stereocenters. The van der Waals surface area contributed by atoms with Crippen molar-refractivity contribution in [3.63, 3.8) is 0 Å². The summed E-state index contributed by atoms with van der Waals surface area (Å²) in [5.74, 6) is 0.122. The Labute approximate surface area is 199 Å². The van der Waals surface area contributed by atoms with E-state index in [2.05, 4.69) is 10.6 Å². The van der Waals surface area contributed by atoms with Gasteiger partial charge in [-0.25, -0.2) is 4.79 Å². The van der Waals surface area contributed by atoms with E-state index in [9.17, 15) is 9.59 Å². The second-order valence-corrected chi connectivity index (χ2v) is 8.20. The fraction of sp³-hybridized carbons (Fsp3) is 0.0909. The summed E-state index contributed by atoms with van der Waals surface area (Å²) in [4.78, 5) is 24.7. The van der Waals surface area contributed by atoms with E-state index < -0.39 is 11.9 Å². The molecule has 5 nitrogen and oxygen atoms in total. The standard InChI is InChI=1S/C22H16Cl4N2O3/c1-11-9-18(31-17-8-7-13(23)10-16(17)25)19(26)12(2)20(11)27-22(30)28-21(29)14-5-3-4-6-15(14)24/h3-10H,1-2H3,(H2,27,28,29,30). The van der Waals surface area contributed by atoms with E-state index in [0.717, 1.165) is 0 Å². The lowest BCUT2D eigenvalue weighted by Gasteiger charge is -2.17. The van der Waals surface area contributed by atoms with Gasteiger partial charge in [0.15, 0.2) is 0 Å². The Balaban J connectivity index is 1.79. The molecule has 2 N–H and O–H groups in total.